The summed E-state index contributed by atoms with van der Waals surface area (Å²) in [6.07, 6.45) is 0.872. The van der Waals surface area contributed by atoms with Crippen molar-refractivity contribution in [2.24, 2.45) is 0 Å². The molecule has 3 aromatic rings. The number of carbonyl (C=O) groups excluding carboxylic acids is 2. The number of rotatable bonds is 7. The maximum Gasteiger partial charge on any atom is 0.300 e. The molecule has 0 bridgehead atoms. The molecule has 1 unspecified atom stereocenters. The topological polar surface area (TPSA) is 88.5 Å². The van der Waals surface area contributed by atoms with Crippen molar-refractivity contribution < 1.29 is 28.9 Å². The van der Waals surface area contributed by atoms with Crippen LogP contribution in [0, 0.1) is 6.92 Å². The predicted molar refractivity (Wildman–Crippen MR) is 145 cm³/mol. The van der Waals surface area contributed by atoms with E-state index in [1.54, 1.807) is 36.4 Å². The Morgan fingerprint density at radius 1 is 1.03 bits per heavy atom. The summed E-state index contributed by atoms with van der Waals surface area (Å²) in [5.74, 6) is 0.0403. The number of ether oxygens (including phenoxy) is 3. The van der Waals surface area contributed by atoms with Crippen LogP contribution in [0.4, 0.5) is 11.4 Å². The van der Waals surface area contributed by atoms with Crippen LogP contribution >= 0.6 is 0 Å². The normalized spacial score (nSPS) is 17.7. The van der Waals surface area contributed by atoms with Crippen LogP contribution in [-0.2, 0) is 9.59 Å². The van der Waals surface area contributed by atoms with Crippen molar-refractivity contribution in [2.45, 2.75) is 26.3 Å². The van der Waals surface area contributed by atoms with Crippen molar-refractivity contribution >= 4 is 28.8 Å². The zero-order chi connectivity index (χ0) is 27.0. The van der Waals surface area contributed by atoms with Gasteiger partial charge in [-0.25, -0.2) is 0 Å². The van der Waals surface area contributed by atoms with Crippen LogP contribution in [-0.4, -0.2) is 44.3 Å². The molecule has 38 heavy (non-hydrogen) atoms. The number of fused-ring (bicyclic) bond motifs is 1. The summed E-state index contributed by atoms with van der Waals surface area (Å²) in [6, 6.07) is 17.1. The number of hydrogen-bond donors (Lipinski definition) is 1. The van der Waals surface area contributed by atoms with Crippen LogP contribution in [0.25, 0.3) is 5.76 Å². The maximum absolute atomic E-state index is 13.5. The van der Waals surface area contributed by atoms with Crippen molar-refractivity contribution in [1.29, 1.82) is 0 Å². The predicted octanol–water partition coefficient (Wildman–Crippen LogP) is 5.20. The summed E-state index contributed by atoms with van der Waals surface area (Å²) >= 11 is 0. The lowest BCUT2D eigenvalue weighted by atomic mass is 9.94. The van der Waals surface area contributed by atoms with E-state index in [0.29, 0.717) is 40.7 Å². The van der Waals surface area contributed by atoms with Gasteiger partial charge in [0.05, 0.1) is 18.2 Å². The molecule has 196 valence electrons. The number of Topliss-reactive ketones (excluding diaryl/α,β-unsaturated/α-hetero) is 1. The number of nitrogens with zero attached hydrogens (tertiary/aromatic N) is 2. The van der Waals surface area contributed by atoms with Crippen LogP contribution in [0.1, 0.15) is 36.1 Å². The van der Waals surface area contributed by atoms with Gasteiger partial charge in [0.25, 0.3) is 11.7 Å². The van der Waals surface area contributed by atoms with Gasteiger partial charge in [0.1, 0.15) is 11.5 Å². The highest BCUT2D eigenvalue weighted by atomic mass is 16.7. The number of amides is 1. The number of anilines is 2. The molecule has 2 aliphatic rings. The molecule has 0 radical (unpaired) electrons. The standard InChI is InChI=1S/C30H30N2O6/c1-5-14-36-23-12-8-20(15-18(23)2)28(33)26-27(19-6-9-21(10-7-19)31(3)4)32(30(35)29(26)34)22-11-13-24-25(16-22)38-17-37-24/h6-13,15-16,27,33H,5,14,17H2,1-4H3/b28-26+. The van der Waals surface area contributed by atoms with Gasteiger partial charge in [0.2, 0.25) is 6.79 Å². The third kappa shape index (κ3) is 4.42. The Kier molecular flexibility index (Phi) is 6.72. The first-order valence-electron chi connectivity index (χ1n) is 12.5. The fraction of sp³-hybridized carbons (Fsp3) is 0.267. The Morgan fingerprint density at radius 2 is 1.76 bits per heavy atom. The molecule has 5 rings (SSSR count). The Hall–Kier alpha value is -4.46. The van der Waals surface area contributed by atoms with Crippen LogP contribution in [0.2, 0.25) is 0 Å². The third-order valence-corrected chi connectivity index (χ3v) is 6.71. The third-order valence-electron chi connectivity index (χ3n) is 6.71. The number of aliphatic hydroxyl groups excluding tert-OH is 1. The molecule has 1 N–H and O–H groups in total. The summed E-state index contributed by atoms with van der Waals surface area (Å²) in [5.41, 5.74) is 3.40. The van der Waals surface area contributed by atoms with Crippen molar-refractivity contribution in [2.75, 3.05) is 37.3 Å². The number of hydrogen-bond acceptors (Lipinski definition) is 7. The SMILES string of the molecule is CCCOc1ccc(/C(O)=C2\C(=O)C(=O)N(c3ccc4c(c3)OCO4)C2c2ccc(N(C)C)cc2)cc1C. The Morgan fingerprint density at radius 3 is 2.45 bits per heavy atom. The van der Waals surface area contributed by atoms with Crippen molar-refractivity contribution in [1.82, 2.24) is 0 Å². The molecular formula is C30H30N2O6. The first-order chi connectivity index (χ1) is 18.3. The van der Waals surface area contributed by atoms with Gasteiger partial charge in [0, 0.05) is 37.1 Å². The first-order valence-corrected chi connectivity index (χ1v) is 12.5. The molecule has 0 aliphatic carbocycles. The number of aliphatic hydroxyl groups is 1. The Labute approximate surface area is 221 Å². The monoisotopic (exact) mass is 514 g/mol. The minimum absolute atomic E-state index is 0.0203. The molecule has 2 heterocycles. The van der Waals surface area contributed by atoms with E-state index in [1.165, 1.54) is 4.90 Å². The van der Waals surface area contributed by atoms with E-state index < -0.39 is 17.7 Å². The van der Waals surface area contributed by atoms with Crippen LogP contribution < -0.4 is 24.0 Å². The van der Waals surface area contributed by atoms with Gasteiger partial charge in [-0.1, -0.05) is 19.1 Å². The highest BCUT2D eigenvalue weighted by Gasteiger charge is 2.47. The summed E-state index contributed by atoms with van der Waals surface area (Å²) < 4.78 is 16.7. The first kappa shape index (κ1) is 25.2. The number of aryl methyl sites for hydroxylation is 1. The van der Waals surface area contributed by atoms with E-state index in [0.717, 1.165) is 17.7 Å². The van der Waals surface area contributed by atoms with Crippen molar-refractivity contribution in [3.05, 3.63) is 82.9 Å². The second-order valence-electron chi connectivity index (χ2n) is 9.52. The largest absolute Gasteiger partial charge is 0.507 e. The lowest BCUT2D eigenvalue weighted by molar-refractivity contribution is -0.132. The highest BCUT2D eigenvalue weighted by Crippen LogP contribution is 2.45. The molecule has 8 heteroatoms. The Balaban J connectivity index is 1.64. The summed E-state index contributed by atoms with van der Waals surface area (Å²) in [5, 5.41) is 11.5. The lowest BCUT2D eigenvalue weighted by Crippen LogP contribution is -2.29. The average Bonchev–Trinajstić information content (AvgIpc) is 3.49. The van der Waals surface area contributed by atoms with E-state index in [1.807, 2.05) is 57.1 Å². The Bertz CT molecular complexity index is 1430. The second kappa shape index (κ2) is 10.1. The van der Waals surface area contributed by atoms with Crippen LogP contribution in [0.5, 0.6) is 17.2 Å². The maximum atomic E-state index is 13.5. The number of carbonyl (C=O) groups is 2. The minimum Gasteiger partial charge on any atom is -0.507 e. The zero-order valence-corrected chi connectivity index (χ0v) is 21.9. The average molecular weight is 515 g/mol. The molecule has 0 aromatic heterocycles. The molecule has 1 saturated heterocycles. The lowest BCUT2D eigenvalue weighted by Gasteiger charge is -2.26. The molecule has 2 aliphatic heterocycles. The van der Waals surface area contributed by atoms with E-state index in [9.17, 15) is 14.7 Å². The van der Waals surface area contributed by atoms with E-state index in [4.69, 9.17) is 14.2 Å². The van der Waals surface area contributed by atoms with Gasteiger partial charge in [0.15, 0.2) is 11.5 Å². The number of benzene rings is 3. The van der Waals surface area contributed by atoms with Crippen molar-refractivity contribution in [3.8, 4) is 17.2 Å². The van der Waals surface area contributed by atoms with E-state index >= 15 is 0 Å². The summed E-state index contributed by atoms with van der Waals surface area (Å²) in [6.45, 7) is 4.57. The molecule has 0 spiro atoms. The van der Waals surface area contributed by atoms with Crippen molar-refractivity contribution in [3.63, 3.8) is 0 Å². The molecule has 1 atom stereocenters. The zero-order valence-electron chi connectivity index (χ0n) is 21.9. The summed E-state index contributed by atoms with van der Waals surface area (Å²) in [7, 11) is 3.87. The summed E-state index contributed by atoms with van der Waals surface area (Å²) in [4.78, 5) is 30.3. The molecule has 0 saturated carbocycles. The van der Waals surface area contributed by atoms with Gasteiger partial charge < -0.3 is 24.2 Å². The van der Waals surface area contributed by atoms with Gasteiger partial charge in [-0.2, -0.15) is 0 Å². The smallest absolute Gasteiger partial charge is 0.300 e. The van der Waals surface area contributed by atoms with Gasteiger partial charge in [-0.05, 0) is 66.9 Å². The highest BCUT2D eigenvalue weighted by molar-refractivity contribution is 6.51. The van der Waals surface area contributed by atoms with Gasteiger partial charge >= 0.3 is 0 Å². The quantitative estimate of drug-likeness (QED) is 0.263. The molecule has 1 amide bonds. The second-order valence-corrected chi connectivity index (χ2v) is 9.52. The van der Waals surface area contributed by atoms with Gasteiger partial charge in [-0.3, -0.25) is 14.5 Å². The van der Waals surface area contributed by atoms with Crippen LogP contribution in [0.3, 0.4) is 0 Å². The van der Waals surface area contributed by atoms with Crippen LogP contribution in [0.15, 0.2) is 66.2 Å². The molecule has 3 aromatic carbocycles. The fourth-order valence-corrected chi connectivity index (χ4v) is 4.73. The molecular weight excluding hydrogens is 484 g/mol. The van der Waals surface area contributed by atoms with E-state index in [-0.39, 0.29) is 18.1 Å². The number of ketones is 1. The molecule has 8 nitrogen and oxygen atoms in total. The molecule has 1 fully saturated rings. The van der Waals surface area contributed by atoms with E-state index in [2.05, 4.69) is 0 Å². The van der Waals surface area contributed by atoms with Gasteiger partial charge in [-0.15, -0.1) is 0 Å². The minimum atomic E-state index is -0.845. The fourth-order valence-electron chi connectivity index (χ4n) is 4.73.